The van der Waals surface area contributed by atoms with Crippen LogP contribution >= 0.6 is 0 Å². The third kappa shape index (κ3) is 5.34. The molecule has 0 spiro atoms. The van der Waals surface area contributed by atoms with Gasteiger partial charge < -0.3 is 9.94 Å². The van der Waals surface area contributed by atoms with Crippen molar-refractivity contribution in [3.8, 4) is 11.3 Å². The van der Waals surface area contributed by atoms with E-state index in [1.807, 2.05) is 6.07 Å². The molecular formula is C20H22FN3O3. The Balaban J connectivity index is 1.54. The van der Waals surface area contributed by atoms with Gasteiger partial charge in [-0.05, 0) is 43.7 Å². The molecule has 2 heterocycles. The molecule has 1 aromatic heterocycles. The van der Waals surface area contributed by atoms with Gasteiger partial charge in [0.1, 0.15) is 12.4 Å². The summed E-state index contributed by atoms with van der Waals surface area (Å²) in [6.07, 6.45) is 4.82. The highest BCUT2D eigenvalue weighted by Crippen LogP contribution is 2.21. The highest BCUT2D eigenvalue weighted by atomic mass is 19.1. The second-order valence-corrected chi connectivity index (χ2v) is 6.50. The van der Waals surface area contributed by atoms with E-state index in [1.165, 1.54) is 12.1 Å². The van der Waals surface area contributed by atoms with Crippen molar-refractivity contribution in [3.05, 3.63) is 54.0 Å². The number of aromatic nitrogens is 1. The van der Waals surface area contributed by atoms with Gasteiger partial charge in [0.15, 0.2) is 0 Å². The molecule has 0 bridgehead atoms. The summed E-state index contributed by atoms with van der Waals surface area (Å²) >= 11 is 0. The molecule has 1 fully saturated rings. The van der Waals surface area contributed by atoms with Crippen molar-refractivity contribution in [1.82, 2.24) is 9.88 Å². The van der Waals surface area contributed by atoms with Crippen LogP contribution in [0.15, 0.2) is 47.8 Å². The predicted molar refractivity (Wildman–Crippen MR) is 100.0 cm³/mol. The number of carboxylic acids is 1. The lowest BCUT2D eigenvalue weighted by Gasteiger charge is -2.29. The minimum atomic E-state index is -0.736. The molecule has 6 nitrogen and oxygen atoms in total. The third-order valence-electron chi connectivity index (χ3n) is 4.56. The van der Waals surface area contributed by atoms with E-state index in [2.05, 4.69) is 15.0 Å². The van der Waals surface area contributed by atoms with Crippen LogP contribution in [0.3, 0.4) is 0 Å². The molecule has 1 aromatic carbocycles. The Labute approximate surface area is 157 Å². The van der Waals surface area contributed by atoms with Gasteiger partial charge in [-0.25, -0.2) is 4.39 Å². The number of nitrogens with zero attached hydrogens (tertiary/aromatic N) is 3. The second kappa shape index (κ2) is 9.23. The molecular weight excluding hydrogens is 349 g/mol. The van der Waals surface area contributed by atoms with Gasteiger partial charge in [-0.3, -0.25) is 14.7 Å². The molecule has 0 aliphatic carbocycles. The van der Waals surface area contributed by atoms with Crippen molar-refractivity contribution in [2.24, 2.45) is 11.1 Å². The maximum absolute atomic E-state index is 13.5. The fourth-order valence-corrected chi connectivity index (χ4v) is 3.18. The number of hydrogen-bond acceptors (Lipinski definition) is 5. The summed E-state index contributed by atoms with van der Waals surface area (Å²) < 4.78 is 13.5. The summed E-state index contributed by atoms with van der Waals surface area (Å²) in [6.45, 7) is 2.43. The number of benzene rings is 1. The van der Waals surface area contributed by atoms with Gasteiger partial charge >= 0.3 is 5.97 Å². The zero-order valence-electron chi connectivity index (χ0n) is 14.9. The molecule has 0 amide bonds. The van der Waals surface area contributed by atoms with E-state index in [0.717, 1.165) is 24.9 Å². The van der Waals surface area contributed by atoms with Crippen molar-refractivity contribution in [2.45, 2.75) is 12.8 Å². The van der Waals surface area contributed by atoms with Crippen LogP contribution in [0.1, 0.15) is 18.4 Å². The molecule has 1 saturated heterocycles. The quantitative estimate of drug-likeness (QED) is 0.460. The van der Waals surface area contributed by atoms with Crippen LogP contribution in [0.5, 0.6) is 0 Å². The molecule has 2 aromatic rings. The normalized spacial score (nSPS) is 17.9. The van der Waals surface area contributed by atoms with Crippen molar-refractivity contribution in [3.63, 3.8) is 0 Å². The number of oxime groups is 1. The lowest BCUT2D eigenvalue weighted by Crippen LogP contribution is -2.40. The maximum Gasteiger partial charge on any atom is 0.307 e. The number of likely N-dealkylation sites (tertiary alicyclic amines) is 1. The first kappa shape index (κ1) is 19.0. The van der Waals surface area contributed by atoms with Gasteiger partial charge in [-0.15, -0.1) is 0 Å². The minimum absolute atomic E-state index is 0.300. The first-order valence-corrected chi connectivity index (χ1v) is 8.95. The Kier molecular flexibility index (Phi) is 6.49. The van der Waals surface area contributed by atoms with E-state index in [9.17, 15) is 9.18 Å². The van der Waals surface area contributed by atoms with E-state index in [-0.39, 0.29) is 11.7 Å². The average Bonchev–Trinajstić information content (AvgIpc) is 2.68. The van der Waals surface area contributed by atoms with Gasteiger partial charge in [0, 0.05) is 30.4 Å². The van der Waals surface area contributed by atoms with Gasteiger partial charge in [0.05, 0.1) is 17.8 Å². The average molecular weight is 371 g/mol. The monoisotopic (exact) mass is 371 g/mol. The molecule has 142 valence electrons. The fraction of sp³-hybridized carbons (Fsp3) is 0.350. The third-order valence-corrected chi connectivity index (χ3v) is 4.56. The molecule has 27 heavy (non-hydrogen) atoms. The first-order chi connectivity index (χ1) is 13.1. The first-order valence-electron chi connectivity index (χ1n) is 8.95. The van der Waals surface area contributed by atoms with Crippen LogP contribution in [0.4, 0.5) is 4.39 Å². The molecule has 1 aliphatic heterocycles. The summed E-state index contributed by atoms with van der Waals surface area (Å²) in [4.78, 5) is 22.8. The lowest BCUT2D eigenvalue weighted by atomic mass is 9.98. The van der Waals surface area contributed by atoms with Crippen molar-refractivity contribution >= 4 is 12.2 Å². The van der Waals surface area contributed by atoms with E-state index >= 15 is 0 Å². The van der Waals surface area contributed by atoms with Gasteiger partial charge in [0.25, 0.3) is 0 Å². The number of aliphatic carboxylic acids is 1. The molecule has 1 aliphatic rings. The fourth-order valence-electron chi connectivity index (χ4n) is 3.18. The smallest absolute Gasteiger partial charge is 0.307 e. The number of piperidine rings is 1. The zero-order valence-corrected chi connectivity index (χ0v) is 14.9. The van der Waals surface area contributed by atoms with Gasteiger partial charge in [-0.1, -0.05) is 17.3 Å². The summed E-state index contributed by atoms with van der Waals surface area (Å²) in [7, 11) is 0. The van der Waals surface area contributed by atoms with E-state index in [4.69, 9.17) is 9.94 Å². The molecule has 1 N–H and O–H groups in total. The minimum Gasteiger partial charge on any atom is -0.481 e. The molecule has 0 saturated carbocycles. The van der Waals surface area contributed by atoms with Crippen LogP contribution in [0.25, 0.3) is 11.3 Å². The predicted octanol–water partition coefficient (Wildman–Crippen LogP) is 3.03. The number of pyridine rings is 1. The van der Waals surface area contributed by atoms with Crippen LogP contribution < -0.4 is 0 Å². The second-order valence-electron chi connectivity index (χ2n) is 6.50. The highest BCUT2D eigenvalue weighted by Gasteiger charge is 2.24. The van der Waals surface area contributed by atoms with Crippen LogP contribution in [0.2, 0.25) is 0 Å². The number of carboxylic acid groups (broad SMARTS) is 1. The Morgan fingerprint density at radius 1 is 1.41 bits per heavy atom. The number of rotatable bonds is 7. The zero-order chi connectivity index (χ0) is 19.1. The van der Waals surface area contributed by atoms with Crippen molar-refractivity contribution < 1.29 is 19.1 Å². The van der Waals surface area contributed by atoms with Gasteiger partial charge in [0.2, 0.25) is 0 Å². The maximum atomic E-state index is 13.5. The largest absolute Gasteiger partial charge is 0.481 e. The molecule has 7 heteroatoms. The standard InChI is InChI=1S/C20H22FN3O3/c21-18-7-1-4-15(12-18)19-16(5-2-8-22-19)13-23-27-11-10-24-9-3-6-17(14-24)20(25)26/h1-2,4-5,7-8,12-13,17H,3,6,9-11,14H2,(H,25,26)/b23-13+. The molecule has 3 rings (SSSR count). The summed E-state index contributed by atoms with van der Waals surface area (Å²) in [5.74, 6) is -1.36. The Bertz CT molecular complexity index is 813. The van der Waals surface area contributed by atoms with Crippen LogP contribution in [-0.2, 0) is 9.63 Å². The van der Waals surface area contributed by atoms with E-state index in [0.29, 0.717) is 31.0 Å². The van der Waals surface area contributed by atoms with Gasteiger partial charge in [-0.2, -0.15) is 0 Å². The summed E-state index contributed by atoms with van der Waals surface area (Å²) in [6, 6.07) is 9.86. The van der Waals surface area contributed by atoms with E-state index < -0.39 is 5.97 Å². The number of halogens is 1. The number of carbonyl (C=O) groups is 1. The number of hydrogen-bond donors (Lipinski definition) is 1. The van der Waals surface area contributed by atoms with E-state index in [1.54, 1.807) is 30.6 Å². The SMILES string of the molecule is O=C(O)C1CCCN(CCO/N=C/c2cccnc2-c2cccc(F)c2)C1. The Morgan fingerprint density at radius 3 is 3.11 bits per heavy atom. The Morgan fingerprint density at radius 2 is 2.30 bits per heavy atom. The topological polar surface area (TPSA) is 75.0 Å². The molecule has 0 radical (unpaired) electrons. The molecule has 1 unspecified atom stereocenters. The molecule has 1 atom stereocenters. The van der Waals surface area contributed by atoms with Crippen LogP contribution in [0, 0.1) is 11.7 Å². The lowest BCUT2D eigenvalue weighted by molar-refractivity contribution is -0.143. The summed E-state index contributed by atoms with van der Waals surface area (Å²) in [5.41, 5.74) is 2.03. The summed E-state index contributed by atoms with van der Waals surface area (Å²) in [5, 5.41) is 13.1. The highest BCUT2D eigenvalue weighted by molar-refractivity contribution is 5.88. The van der Waals surface area contributed by atoms with Crippen molar-refractivity contribution in [1.29, 1.82) is 0 Å². The Hall–Kier alpha value is -2.80. The van der Waals surface area contributed by atoms with Crippen molar-refractivity contribution in [2.75, 3.05) is 26.2 Å². The van der Waals surface area contributed by atoms with Crippen LogP contribution in [-0.4, -0.2) is 53.4 Å².